The predicted molar refractivity (Wildman–Crippen MR) is 128 cm³/mol. The normalized spacial score (nSPS) is 12.4. The lowest BCUT2D eigenvalue weighted by atomic mass is 9.95. The number of ether oxygens (including phenoxy) is 1. The molecule has 0 atom stereocenters. The molecule has 1 aliphatic rings. The Morgan fingerprint density at radius 3 is 2.32 bits per heavy atom. The third kappa shape index (κ3) is 4.58. The van der Waals surface area contributed by atoms with Gasteiger partial charge in [0, 0.05) is 59.0 Å². The molecule has 0 saturated heterocycles. The Morgan fingerprint density at radius 2 is 1.62 bits per heavy atom. The molecule has 0 radical (unpaired) electrons. The summed E-state index contributed by atoms with van der Waals surface area (Å²) < 4.78 is 33.9. The van der Waals surface area contributed by atoms with E-state index in [1.807, 2.05) is 18.2 Å². The second-order valence-corrected chi connectivity index (χ2v) is 7.61. The van der Waals surface area contributed by atoms with Crippen LogP contribution in [0.25, 0.3) is 11.1 Å². The first-order valence-corrected chi connectivity index (χ1v) is 10.4. The van der Waals surface area contributed by atoms with Crippen LogP contribution in [0.1, 0.15) is 32.7 Å². The van der Waals surface area contributed by atoms with Crippen LogP contribution in [0.2, 0.25) is 0 Å². The number of allylic oxidation sites excluding steroid dienone is 1. The Bertz CT molecular complexity index is 1360. The number of rotatable bonds is 6. The Morgan fingerprint density at radius 1 is 0.794 bits per heavy atom. The van der Waals surface area contributed by atoms with Gasteiger partial charge in [-0.3, -0.25) is 14.8 Å². The van der Waals surface area contributed by atoms with Crippen molar-refractivity contribution in [2.75, 3.05) is 6.61 Å². The summed E-state index contributed by atoms with van der Waals surface area (Å²) in [5.74, 6) is -1.13. The lowest BCUT2D eigenvalue weighted by molar-refractivity contribution is 0.105. The molecule has 4 nitrogen and oxygen atoms in total. The molecule has 4 aromatic rings. The van der Waals surface area contributed by atoms with Crippen molar-refractivity contribution in [2.45, 2.75) is 6.42 Å². The van der Waals surface area contributed by atoms with Crippen LogP contribution in [0.4, 0.5) is 8.78 Å². The number of Topliss-reactive ketones (excluding diaryl/α,β-unsaturated/α-hetero) is 1. The number of benzene rings is 2. The summed E-state index contributed by atoms with van der Waals surface area (Å²) in [6, 6.07) is 17.6. The van der Waals surface area contributed by atoms with E-state index in [2.05, 4.69) is 9.97 Å². The molecule has 0 bridgehead atoms. The van der Waals surface area contributed by atoms with Crippen molar-refractivity contribution in [2.24, 2.45) is 0 Å². The van der Waals surface area contributed by atoms with Gasteiger partial charge in [-0.1, -0.05) is 12.1 Å². The summed E-state index contributed by atoms with van der Waals surface area (Å²) >= 11 is 0. The summed E-state index contributed by atoms with van der Waals surface area (Å²) in [6.07, 6.45) is 5.52. The maximum atomic E-state index is 14.0. The molecule has 0 aliphatic heterocycles. The van der Waals surface area contributed by atoms with Crippen molar-refractivity contribution >= 4 is 29.3 Å². The molecule has 2 aromatic heterocycles. The number of hydrogen-bond donors (Lipinski definition) is 0. The molecule has 0 spiro atoms. The van der Waals surface area contributed by atoms with Crippen molar-refractivity contribution < 1.29 is 18.3 Å². The standard InChI is InChI=1S/C27H18F2N2O2.ClH/c28-19-12-18(13-20(29)14-19)25-23-7-6-22(33-11-8-21-5-1-2-10-31-21)15-24(23)27(32)26(25)17-4-3-9-30-16-17;/h1-7,9-10,12-16H,8,11H2;1H. The number of carbonyl (C=O) groups excluding carboxylic acids is 1. The molecule has 0 N–H and O–H groups in total. The SMILES string of the molecule is Cl.O=C1C(c2cccnc2)=C(c2cc(F)cc(F)c2)c2ccc(OCCc3ccccn3)cc21. The van der Waals surface area contributed by atoms with E-state index < -0.39 is 11.6 Å². The molecule has 170 valence electrons. The highest BCUT2D eigenvalue weighted by Gasteiger charge is 2.32. The van der Waals surface area contributed by atoms with Crippen LogP contribution < -0.4 is 4.74 Å². The smallest absolute Gasteiger partial charge is 0.195 e. The topological polar surface area (TPSA) is 52.1 Å². The number of carbonyl (C=O) groups is 1. The van der Waals surface area contributed by atoms with E-state index in [4.69, 9.17) is 4.74 Å². The molecule has 2 aromatic carbocycles. The molecule has 7 heteroatoms. The van der Waals surface area contributed by atoms with Crippen LogP contribution in [-0.2, 0) is 6.42 Å². The van der Waals surface area contributed by atoms with Crippen molar-refractivity contribution in [3.8, 4) is 5.75 Å². The number of ketones is 1. The van der Waals surface area contributed by atoms with Crippen LogP contribution >= 0.6 is 12.4 Å². The third-order valence-corrected chi connectivity index (χ3v) is 5.44. The highest BCUT2D eigenvalue weighted by molar-refractivity contribution is 6.41. The monoisotopic (exact) mass is 476 g/mol. The number of fused-ring (bicyclic) bond motifs is 1. The van der Waals surface area contributed by atoms with Crippen molar-refractivity contribution in [1.29, 1.82) is 0 Å². The molecule has 0 unspecified atom stereocenters. The lowest BCUT2D eigenvalue weighted by Crippen LogP contribution is -2.04. The molecular formula is C27H19ClF2N2O2. The number of hydrogen-bond acceptors (Lipinski definition) is 4. The summed E-state index contributed by atoms with van der Waals surface area (Å²) in [5, 5.41) is 0. The van der Waals surface area contributed by atoms with Gasteiger partial charge in [0.15, 0.2) is 5.78 Å². The first kappa shape index (κ1) is 23.3. The zero-order valence-electron chi connectivity index (χ0n) is 17.9. The van der Waals surface area contributed by atoms with Gasteiger partial charge in [0.25, 0.3) is 0 Å². The van der Waals surface area contributed by atoms with Crippen LogP contribution in [0.15, 0.2) is 85.3 Å². The minimum Gasteiger partial charge on any atom is -0.493 e. The van der Waals surface area contributed by atoms with Gasteiger partial charge in [0.2, 0.25) is 0 Å². The summed E-state index contributed by atoms with van der Waals surface area (Å²) in [6.45, 7) is 0.398. The zero-order chi connectivity index (χ0) is 22.8. The van der Waals surface area contributed by atoms with Gasteiger partial charge in [-0.2, -0.15) is 0 Å². The van der Waals surface area contributed by atoms with Crippen molar-refractivity contribution in [3.63, 3.8) is 0 Å². The van der Waals surface area contributed by atoms with E-state index in [0.29, 0.717) is 52.2 Å². The van der Waals surface area contributed by atoms with E-state index >= 15 is 0 Å². The van der Waals surface area contributed by atoms with Crippen molar-refractivity contribution in [3.05, 3.63) is 125 Å². The van der Waals surface area contributed by atoms with Crippen LogP contribution in [0, 0.1) is 11.6 Å². The van der Waals surface area contributed by atoms with Crippen LogP contribution in [0.3, 0.4) is 0 Å². The quantitative estimate of drug-likeness (QED) is 0.345. The van der Waals surface area contributed by atoms with E-state index in [0.717, 1.165) is 11.8 Å². The van der Waals surface area contributed by atoms with Crippen molar-refractivity contribution in [1.82, 2.24) is 9.97 Å². The largest absolute Gasteiger partial charge is 0.493 e. The Balaban J connectivity index is 0.00000274. The summed E-state index contributed by atoms with van der Waals surface area (Å²) in [5.41, 5.74) is 3.63. The molecular weight excluding hydrogens is 458 g/mol. The minimum absolute atomic E-state index is 0. The van der Waals surface area contributed by atoms with Gasteiger partial charge in [0.05, 0.1) is 6.61 Å². The lowest BCUT2D eigenvalue weighted by Gasteiger charge is -2.10. The van der Waals surface area contributed by atoms with Gasteiger partial charge in [-0.25, -0.2) is 8.78 Å². The number of halogens is 3. The highest BCUT2D eigenvalue weighted by Crippen LogP contribution is 2.43. The fraction of sp³-hybridized carbons (Fsp3) is 0.0741. The van der Waals surface area contributed by atoms with E-state index in [-0.39, 0.29) is 18.2 Å². The van der Waals surface area contributed by atoms with Gasteiger partial charge < -0.3 is 4.74 Å². The Hall–Kier alpha value is -3.90. The van der Waals surface area contributed by atoms with Crippen LogP contribution in [0.5, 0.6) is 5.75 Å². The van der Waals surface area contributed by atoms with E-state index in [9.17, 15) is 13.6 Å². The van der Waals surface area contributed by atoms with E-state index in [1.165, 1.54) is 12.1 Å². The van der Waals surface area contributed by atoms with Gasteiger partial charge >= 0.3 is 0 Å². The molecule has 5 rings (SSSR count). The summed E-state index contributed by atoms with van der Waals surface area (Å²) in [7, 11) is 0. The molecule has 34 heavy (non-hydrogen) atoms. The second kappa shape index (κ2) is 9.93. The first-order chi connectivity index (χ1) is 16.1. The first-order valence-electron chi connectivity index (χ1n) is 10.4. The maximum absolute atomic E-state index is 14.0. The number of nitrogens with zero attached hydrogens (tertiary/aromatic N) is 2. The van der Waals surface area contributed by atoms with E-state index in [1.54, 1.807) is 48.9 Å². The Kier molecular flexibility index (Phi) is 6.80. The van der Waals surface area contributed by atoms with Crippen LogP contribution in [-0.4, -0.2) is 22.4 Å². The predicted octanol–water partition coefficient (Wildman–Crippen LogP) is 5.95. The molecule has 0 amide bonds. The fourth-order valence-electron chi connectivity index (χ4n) is 4.01. The fourth-order valence-corrected chi connectivity index (χ4v) is 4.01. The van der Waals surface area contributed by atoms with Gasteiger partial charge in [0.1, 0.15) is 17.4 Å². The molecule has 0 saturated carbocycles. The minimum atomic E-state index is -0.710. The second-order valence-electron chi connectivity index (χ2n) is 7.61. The molecule has 2 heterocycles. The molecule has 1 aliphatic carbocycles. The maximum Gasteiger partial charge on any atom is 0.195 e. The molecule has 0 fully saturated rings. The average molecular weight is 477 g/mol. The zero-order valence-corrected chi connectivity index (χ0v) is 18.7. The number of aromatic nitrogens is 2. The summed E-state index contributed by atoms with van der Waals surface area (Å²) in [4.78, 5) is 21.8. The van der Waals surface area contributed by atoms with Gasteiger partial charge in [-0.15, -0.1) is 12.4 Å². The average Bonchev–Trinajstić information content (AvgIpc) is 3.12. The highest BCUT2D eigenvalue weighted by atomic mass is 35.5. The van der Waals surface area contributed by atoms with Gasteiger partial charge in [-0.05, 0) is 59.7 Å². The Labute approximate surface area is 201 Å². The number of pyridine rings is 2. The third-order valence-electron chi connectivity index (χ3n) is 5.44.